The van der Waals surface area contributed by atoms with Crippen molar-refractivity contribution in [2.45, 2.75) is 89.5 Å². The summed E-state index contributed by atoms with van der Waals surface area (Å²) in [5.74, 6) is 2.05. The van der Waals surface area contributed by atoms with E-state index < -0.39 is 3.68 Å². The minimum absolute atomic E-state index is 0.238. The zero-order valence-corrected chi connectivity index (χ0v) is 28.3. The Morgan fingerprint density at radius 3 is 2.50 bits per heavy atom. The van der Waals surface area contributed by atoms with Gasteiger partial charge in [-0.3, -0.25) is 9.80 Å². The summed E-state index contributed by atoms with van der Waals surface area (Å²) in [5.41, 5.74) is 10.0. The summed E-state index contributed by atoms with van der Waals surface area (Å²) in [5, 5.41) is 0. The molecule has 5 unspecified atom stereocenters. The summed E-state index contributed by atoms with van der Waals surface area (Å²) < 4.78 is 20.2. The quantitative estimate of drug-likeness (QED) is 0.158. The predicted octanol–water partition coefficient (Wildman–Crippen LogP) is 6.08. The summed E-state index contributed by atoms with van der Waals surface area (Å²) in [6.07, 6.45) is 12.9. The van der Waals surface area contributed by atoms with E-state index in [1.807, 2.05) is 22.6 Å². The highest BCUT2D eigenvalue weighted by molar-refractivity contribution is 14.1. The third kappa shape index (κ3) is 7.90. The minimum Gasteiger partial charge on any atom is -0.380 e. The topological polar surface area (TPSA) is 43.0 Å². The molecule has 6 nitrogen and oxygen atoms in total. The summed E-state index contributed by atoms with van der Waals surface area (Å²) in [6, 6.07) is 0.465. The fourth-order valence-electron chi connectivity index (χ4n) is 7.52. The molecule has 228 valence electrons. The molecule has 8 heteroatoms. The Morgan fingerprint density at radius 2 is 1.98 bits per heavy atom. The Bertz CT molecular complexity index is 942. The molecular formula is C32H55FIN5O. The van der Waals surface area contributed by atoms with Crippen LogP contribution in [0.3, 0.4) is 0 Å². The van der Waals surface area contributed by atoms with Gasteiger partial charge in [0.05, 0.1) is 26.0 Å². The molecule has 1 saturated carbocycles. The number of halogens is 2. The van der Waals surface area contributed by atoms with E-state index in [2.05, 4.69) is 85.6 Å². The van der Waals surface area contributed by atoms with Gasteiger partial charge in [-0.15, -0.1) is 0 Å². The number of nitrogens with zero attached hydrogens (tertiary/aromatic N) is 3. The molecule has 6 atom stereocenters. The Morgan fingerprint density at radius 1 is 1.23 bits per heavy atom. The van der Waals surface area contributed by atoms with Crippen LogP contribution in [0.15, 0.2) is 35.1 Å². The van der Waals surface area contributed by atoms with Crippen molar-refractivity contribution in [2.75, 3.05) is 53.1 Å². The summed E-state index contributed by atoms with van der Waals surface area (Å²) in [4.78, 5) is 7.39. The number of allylic oxidation sites excluding steroid dienone is 3. The molecule has 0 aromatic rings. The second-order valence-corrected chi connectivity index (χ2v) is 15.6. The lowest BCUT2D eigenvalue weighted by Gasteiger charge is -2.53. The van der Waals surface area contributed by atoms with E-state index in [-0.39, 0.29) is 5.41 Å². The Labute approximate surface area is 257 Å². The minimum atomic E-state index is -1.44. The van der Waals surface area contributed by atoms with Crippen LogP contribution in [0, 0.1) is 23.2 Å². The van der Waals surface area contributed by atoms with Crippen LogP contribution in [0.4, 0.5) is 4.39 Å². The van der Waals surface area contributed by atoms with Gasteiger partial charge in [-0.05, 0) is 125 Å². The number of ether oxygens (including phenoxy) is 1. The Balaban J connectivity index is 1.51. The summed E-state index contributed by atoms with van der Waals surface area (Å²) in [7, 11) is 2.19. The molecule has 1 aliphatic carbocycles. The number of likely N-dealkylation sites (tertiary alicyclic amines) is 1. The number of rotatable bonds is 11. The van der Waals surface area contributed by atoms with E-state index in [4.69, 9.17) is 4.74 Å². The highest BCUT2D eigenvalue weighted by atomic mass is 127. The van der Waals surface area contributed by atoms with E-state index in [0.29, 0.717) is 24.0 Å². The van der Waals surface area contributed by atoms with E-state index in [1.165, 1.54) is 31.3 Å². The second kappa shape index (κ2) is 13.8. The van der Waals surface area contributed by atoms with Crippen LogP contribution in [0.5, 0.6) is 0 Å². The zero-order chi connectivity index (χ0) is 29.1. The maximum Gasteiger partial charge on any atom is 0.183 e. The van der Waals surface area contributed by atoms with Crippen molar-refractivity contribution < 1.29 is 9.13 Å². The van der Waals surface area contributed by atoms with Crippen LogP contribution in [0.2, 0.25) is 0 Å². The average molecular weight is 672 g/mol. The van der Waals surface area contributed by atoms with Crippen LogP contribution in [-0.2, 0) is 4.74 Å². The molecule has 3 aliphatic heterocycles. The molecule has 2 N–H and O–H groups in total. The van der Waals surface area contributed by atoms with Gasteiger partial charge in [0.1, 0.15) is 0 Å². The van der Waals surface area contributed by atoms with Crippen LogP contribution in [0.25, 0.3) is 0 Å². The molecule has 3 saturated heterocycles. The first-order valence-electron chi connectivity index (χ1n) is 15.6. The zero-order valence-electron chi connectivity index (χ0n) is 26.1. The largest absolute Gasteiger partial charge is 0.380 e. The van der Waals surface area contributed by atoms with E-state index >= 15 is 4.39 Å². The van der Waals surface area contributed by atoms with Crippen molar-refractivity contribution in [1.82, 2.24) is 25.6 Å². The van der Waals surface area contributed by atoms with Gasteiger partial charge in [0.15, 0.2) is 3.68 Å². The van der Waals surface area contributed by atoms with Gasteiger partial charge in [0.25, 0.3) is 0 Å². The molecule has 0 aromatic carbocycles. The lowest BCUT2D eigenvalue weighted by molar-refractivity contribution is -0.171. The normalized spacial score (nSPS) is 34.1. The number of hydrogen-bond acceptors (Lipinski definition) is 6. The lowest BCUT2D eigenvalue weighted by Crippen LogP contribution is -2.56. The maximum atomic E-state index is 15.7. The van der Waals surface area contributed by atoms with Gasteiger partial charge in [-0.1, -0.05) is 26.0 Å². The van der Waals surface area contributed by atoms with Gasteiger partial charge < -0.3 is 9.64 Å². The smallest absolute Gasteiger partial charge is 0.183 e. The molecule has 4 fully saturated rings. The van der Waals surface area contributed by atoms with Gasteiger partial charge >= 0.3 is 0 Å². The summed E-state index contributed by atoms with van der Waals surface area (Å²) >= 11 is 1.98. The summed E-state index contributed by atoms with van der Waals surface area (Å²) in [6.45, 7) is 19.6. The molecule has 4 rings (SSSR count). The van der Waals surface area contributed by atoms with Gasteiger partial charge in [0.2, 0.25) is 0 Å². The fraction of sp³-hybridized carbons (Fsp3) is 0.812. The van der Waals surface area contributed by atoms with Crippen molar-refractivity contribution in [3.63, 3.8) is 0 Å². The molecule has 3 heterocycles. The maximum absolute atomic E-state index is 15.7. The van der Waals surface area contributed by atoms with Gasteiger partial charge in [-0.25, -0.2) is 15.2 Å². The van der Waals surface area contributed by atoms with Crippen molar-refractivity contribution in [3.05, 3.63) is 35.1 Å². The predicted molar refractivity (Wildman–Crippen MR) is 173 cm³/mol. The molecule has 0 spiro atoms. The molecule has 0 aromatic heterocycles. The number of hydrogen-bond donors (Lipinski definition) is 2. The first kappa shape index (κ1) is 32.4. The third-order valence-corrected chi connectivity index (χ3v) is 10.6. The van der Waals surface area contributed by atoms with Gasteiger partial charge in [-0.2, -0.15) is 0 Å². The molecular weight excluding hydrogens is 616 g/mol. The Hall–Kier alpha value is -0.520. The highest BCUT2D eigenvalue weighted by Crippen LogP contribution is 2.49. The average Bonchev–Trinajstić information content (AvgIpc) is 3.47. The van der Waals surface area contributed by atoms with Crippen molar-refractivity contribution in [3.8, 4) is 0 Å². The first-order valence-corrected chi connectivity index (χ1v) is 16.7. The van der Waals surface area contributed by atoms with E-state index in [0.717, 1.165) is 69.5 Å². The molecule has 4 aliphatic rings. The SMILES string of the molecule is C\C=C(/C=C(\C(C)=C\N(CC)C1CC(C)CC(C2(CC3NNCN3C)COC2)C1)C(C)(F)I)CN1CC[C@H](C)C1. The number of alkyl halides is 2. The lowest BCUT2D eigenvalue weighted by atomic mass is 9.62. The first-order chi connectivity index (χ1) is 18.9. The van der Waals surface area contributed by atoms with Crippen molar-refractivity contribution in [2.24, 2.45) is 23.2 Å². The van der Waals surface area contributed by atoms with Gasteiger partial charge in [0, 0.05) is 42.9 Å². The van der Waals surface area contributed by atoms with Crippen LogP contribution in [-0.4, -0.2) is 83.7 Å². The molecule has 40 heavy (non-hydrogen) atoms. The van der Waals surface area contributed by atoms with Crippen molar-refractivity contribution in [1.29, 1.82) is 0 Å². The van der Waals surface area contributed by atoms with Crippen LogP contribution < -0.4 is 10.9 Å². The molecule has 0 bridgehead atoms. The standard InChI is InChI=1S/C32H55FIN5O/c1-8-26(19-38-11-10-23(3)17-38)14-29(31(6,33)34)25(5)18-39(9-2)28-13-24(4)12-27(15-28)32(20-40-21-32)16-30-36-35-22-37(30)7/h8,14,18,23-24,27-28,30,35-36H,9-13,15-17,19-22H2,1-7H3/b25-18+,26-8+,29-14+/t23-,24?,27?,28?,30?,31?/m0/s1. The monoisotopic (exact) mass is 671 g/mol. The highest BCUT2D eigenvalue weighted by Gasteiger charge is 2.50. The second-order valence-electron chi connectivity index (χ2n) is 13.6. The molecule has 0 radical (unpaired) electrons. The van der Waals surface area contributed by atoms with Crippen LogP contribution >= 0.6 is 22.6 Å². The van der Waals surface area contributed by atoms with Crippen LogP contribution in [0.1, 0.15) is 73.6 Å². The third-order valence-electron chi connectivity index (χ3n) is 10.00. The van der Waals surface area contributed by atoms with Crippen molar-refractivity contribution >= 4 is 22.6 Å². The number of nitrogens with one attached hydrogen (secondary N) is 2. The van der Waals surface area contributed by atoms with E-state index in [1.54, 1.807) is 6.92 Å². The number of hydrazine groups is 1. The fourth-order valence-corrected chi connectivity index (χ4v) is 8.10. The van der Waals surface area contributed by atoms with E-state index in [9.17, 15) is 0 Å². The Kier molecular flexibility index (Phi) is 11.2. The molecule has 0 amide bonds.